The second-order valence-electron chi connectivity index (χ2n) is 4.95. The third-order valence-electron chi connectivity index (χ3n) is 3.43. The van der Waals surface area contributed by atoms with Gasteiger partial charge in [-0.1, -0.05) is 54.1 Å². The summed E-state index contributed by atoms with van der Waals surface area (Å²) < 4.78 is 0. The molecule has 0 N–H and O–H groups in total. The van der Waals surface area contributed by atoms with Crippen molar-refractivity contribution in [1.82, 2.24) is 0 Å². The fourth-order valence-electron chi connectivity index (χ4n) is 2.38. The summed E-state index contributed by atoms with van der Waals surface area (Å²) >= 11 is 0. The molecule has 1 heterocycles. The first-order chi connectivity index (χ1) is 9.24. The van der Waals surface area contributed by atoms with Crippen LogP contribution in [0.5, 0.6) is 0 Å². The van der Waals surface area contributed by atoms with Gasteiger partial charge in [0, 0.05) is 12.0 Å². The molecular formula is C17H16N2. The van der Waals surface area contributed by atoms with Crippen molar-refractivity contribution in [2.24, 2.45) is 10.2 Å². The molecule has 0 radical (unpaired) electrons. The van der Waals surface area contributed by atoms with Gasteiger partial charge in [0.05, 0.1) is 11.4 Å². The summed E-state index contributed by atoms with van der Waals surface area (Å²) in [4.78, 5) is 0. The molecule has 2 aromatic rings. The average Bonchev–Trinajstić information content (AvgIpc) is 2.89. The van der Waals surface area contributed by atoms with Crippen molar-refractivity contribution >= 4 is 11.4 Å². The smallest absolute Gasteiger partial charge is 0.0765 e. The van der Waals surface area contributed by atoms with Gasteiger partial charge in [-0.2, -0.15) is 10.2 Å². The van der Waals surface area contributed by atoms with E-state index in [0.29, 0.717) is 0 Å². The van der Waals surface area contributed by atoms with E-state index in [9.17, 15) is 0 Å². The van der Waals surface area contributed by atoms with E-state index in [1.54, 1.807) is 0 Å². The lowest BCUT2D eigenvalue weighted by atomic mass is 9.97. The highest BCUT2D eigenvalue weighted by molar-refractivity contribution is 6.20. The Kier molecular flexibility index (Phi) is 3.00. The van der Waals surface area contributed by atoms with Crippen LogP contribution in [-0.4, -0.2) is 11.4 Å². The first kappa shape index (κ1) is 11.8. The topological polar surface area (TPSA) is 24.7 Å². The van der Waals surface area contributed by atoms with E-state index in [2.05, 4.69) is 72.6 Å². The predicted molar refractivity (Wildman–Crippen MR) is 80.0 cm³/mol. The zero-order valence-electron chi connectivity index (χ0n) is 11.2. The number of hydrogen-bond acceptors (Lipinski definition) is 2. The molecule has 0 unspecified atom stereocenters. The van der Waals surface area contributed by atoms with Crippen molar-refractivity contribution in [3.63, 3.8) is 0 Å². The van der Waals surface area contributed by atoms with Crippen molar-refractivity contribution in [3.05, 3.63) is 70.8 Å². The third kappa shape index (κ3) is 2.34. The molecule has 0 saturated carbocycles. The SMILES string of the molecule is Cc1cccc(C2=NN=C(c3ccccc3C)C2)c1. The van der Waals surface area contributed by atoms with E-state index >= 15 is 0 Å². The highest BCUT2D eigenvalue weighted by Crippen LogP contribution is 2.19. The van der Waals surface area contributed by atoms with Crippen LogP contribution >= 0.6 is 0 Å². The van der Waals surface area contributed by atoms with Crippen molar-refractivity contribution < 1.29 is 0 Å². The highest BCUT2D eigenvalue weighted by Gasteiger charge is 2.17. The fraction of sp³-hybridized carbons (Fsp3) is 0.176. The first-order valence-corrected chi connectivity index (χ1v) is 6.50. The summed E-state index contributed by atoms with van der Waals surface area (Å²) in [7, 11) is 0. The number of rotatable bonds is 2. The van der Waals surface area contributed by atoms with Gasteiger partial charge in [-0.3, -0.25) is 0 Å². The van der Waals surface area contributed by atoms with Gasteiger partial charge in [-0.25, -0.2) is 0 Å². The molecule has 2 nitrogen and oxygen atoms in total. The van der Waals surface area contributed by atoms with Crippen LogP contribution in [0, 0.1) is 13.8 Å². The highest BCUT2D eigenvalue weighted by atomic mass is 15.2. The Morgan fingerprint density at radius 2 is 1.63 bits per heavy atom. The minimum Gasteiger partial charge on any atom is -0.154 e. The predicted octanol–water partition coefficient (Wildman–Crippen LogP) is 3.90. The van der Waals surface area contributed by atoms with Gasteiger partial charge in [-0.15, -0.1) is 0 Å². The monoisotopic (exact) mass is 248 g/mol. The Bertz CT molecular complexity index is 681. The lowest BCUT2D eigenvalue weighted by molar-refractivity contribution is 1.26. The van der Waals surface area contributed by atoms with Crippen molar-refractivity contribution in [3.8, 4) is 0 Å². The maximum Gasteiger partial charge on any atom is 0.0765 e. The number of benzene rings is 2. The molecule has 3 rings (SSSR count). The lowest BCUT2D eigenvalue weighted by Crippen LogP contribution is -2.06. The minimum atomic E-state index is 0.814. The Hall–Kier alpha value is -2.22. The van der Waals surface area contributed by atoms with Crippen LogP contribution in [0.15, 0.2) is 58.7 Å². The average molecular weight is 248 g/mol. The second-order valence-corrected chi connectivity index (χ2v) is 4.95. The van der Waals surface area contributed by atoms with Gasteiger partial charge in [0.2, 0.25) is 0 Å². The molecule has 0 aromatic heterocycles. The Morgan fingerprint density at radius 1 is 0.842 bits per heavy atom. The fourth-order valence-corrected chi connectivity index (χ4v) is 2.38. The molecule has 1 aliphatic rings. The molecule has 94 valence electrons. The van der Waals surface area contributed by atoms with E-state index in [4.69, 9.17) is 0 Å². The Morgan fingerprint density at radius 3 is 2.42 bits per heavy atom. The minimum absolute atomic E-state index is 0.814. The van der Waals surface area contributed by atoms with E-state index < -0.39 is 0 Å². The molecule has 0 saturated heterocycles. The van der Waals surface area contributed by atoms with Gasteiger partial charge < -0.3 is 0 Å². The van der Waals surface area contributed by atoms with E-state index in [0.717, 1.165) is 17.8 Å². The quantitative estimate of drug-likeness (QED) is 0.770. The van der Waals surface area contributed by atoms with Gasteiger partial charge >= 0.3 is 0 Å². The summed E-state index contributed by atoms with van der Waals surface area (Å²) in [6.07, 6.45) is 0.814. The summed E-state index contributed by atoms with van der Waals surface area (Å²) in [5, 5.41) is 8.71. The molecule has 1 aliphatic heterocycles. The van der Waals surface area contributed by atoms with Gasteiger partial charge in [0.25, 0.3) is 0 Å². The zero-order chi connectivity index (χ0) is 13.2. The van der Waals surface area contributed by atoms with E-state index in [1.165, 1.54) is 22.3 Å². The van der Waals surface area contributed by atoms with Crippen LogP contribution in [0.2, 0.25) is 0 Å². The third-order valence-corrected chi connectivity index (χ3v) is 3.43. The molecule has 0 fully saturated rings. The molecule has 0 amide bonds. The van der Waals surface area contributed by atoms with Crippen LogP contribution in [0.25, 0.3) is 0 Å². The van der Waals surface area contributed by atoms with Crippen molar-refractivity contribution in [1.29, 1.82) is 0 Å². The van der Waals surface area contributed by atoms with Crippen LogP contribution in [-0.2, 0) is 0 Å². The maximum atomic E-state index is 4.36. The Labute approximate surface area is 113 Å². The number of aryl methyl sites for hydroxylation is 2. The second kappa shape index (κ2) is 4.81. The summed E-state index contributed by atoms with van der Waals surface area (Å²) in [6, 6.07) is 16.8. The summed E-state index contributed by atoms with van der Waals surface area (Å²) in [6.45, 7) is 4.21. The number of nitrogens with zero attached hydrogens (tertiary/aromatic N) is 2. The molecule has 2 aromatic carbocycles. The first-order valence-electron chi connectivity index (χ1n) is 6.50. The van der Waals surface area contributed by atoms with E-state index in [1.807, 2.05) is 0 Å². The van der Waals surface area contributed by atoms with Crippen molar-refractivity contribution in [2.45, 2.75) is 20.3 Å². The molecule has 0 bridgehead atoms. The molecule has 2 heteroatoms. The van der Waals surface area contributed by atoms with Gasteiger partial charge in [0.15, 0.2) is 0 Å². The maximum absolute atomic E-state index is 4.36. The van der Waals surface area contributed by atoms with Gasteiger partial charge in [0.1, 0.15) is 0 Å². The van der Waals surface area contributed by atoms with Gasteiger partial charge in [-0.05, 0) is 25.0 Å². The van der Waals surface area contributed by atoms with Crippen LogP contribution in [0.1, 0.15) is 28.7 Å². The largest absolute Gasteiger partial charge is 0.154 e. The van der Waals surface area contributed by atoms with E-state index in [-0.39, 0.29) is 0 Å². The molecule has 0 atom stereocenters. The zero-order valence-corrected chi connectivity index (χ0v) is 11.2. The molecule has 0 spiro atoms. The standard InChI is InChI=1S/C17H16N2/c1-12-6-5-8-14(10-12)16-11-17(19-18-16)15-9-4-3-7-13(15)2/h3-10H,11H2,1-2H3. The normalized spacial score (nSPS) is 14.2. The van der Waals surface area contributed by atoms with Crippen molar-refractivity contribution in [2.75, 3.05) is 0 Å². The number of hydrogen-bond donors (Lipinski definition) is 0. The molecule has 19 heavy (non-hydrogen) atoms. The molecular weight excluding hydrogens is 232 g/mol. The van der Waals surface area contributed by atoms with Crippen LogP contribution < -0.4 is 0 Å². The lowest BCUT2D eigenvalue weighted by Gasteiger charge is -2.05. The Balaban J connectivity index is 1.85. The summed E-state index contributed by atoms with van der Waals surface area (Å²) in [5.74, 6) is 0. The molecule has 0 aliphatic carbocycles. The summed E-state index contributed by atoms with van der Waals surface area (Å²) in [5.41, 5.74) is 7.00. The van der Waals surface area contributed by atoms with Crippen LogP contribution in [0.3, 0.4) is 0 Å². The van der Waals surface area contributed by atoms with Crippen LogP contribution in [0.4, 0.5) is 0 Å².